The first-order valence-electron chi connectivity index (χ1n) is 11.0. The van der Waals surface area contributed by atoms with E-state index in [1.54, 1.807) is 40.1 Å². The van der Waals surface area contributed by atoms with E-state index in [1.807, 2.05) is 25.1 Å². The Hall–Kier alpha value is -3.94. The number of hydrogen-bond donors (Lipinski definition) is 2. The van der Waals surface area contributed by atoms with E-state index < -0.39 is 6.04 Å². The van der Waals surface area contributed by atoms with E-state index in [1.165, 1.54) is 12.4 Å². The second-order valence-electron chi connectivity index (χ2n) is 8.13. The Kier molecular flexibility index (Phi) is 6.53. The van der Waals surface area contributed by atoms with Crippen LogP contribution < -0.4 is 5.73 Å². The number of phenols is 1. The molecule has 2 amide bonds. The number of benzene rings is 2. The molecule has 1 aromatic heterocycles. The monoisotopic (exact) mass is 445 g/mol. The van der Waals surface area contributed by atoms with Crippen LogP contribution in [0, 0.1) is 0 Å². The molecule has 3 aromatic rings. The average Bonchev–Trinajstić information content (AvgIpc) is 2.81. The van der Waals surface area contributed by atoms with Crippen molar-refractivity contribution in [1.29, 1.82) is 0 Å². The number of carbonyl (C=O) groups excluding carboxylic acids is 2. The Morgan fingerprint density at radius 2 is 1.97 bits per heavy atom. The number of aromatic hydroxyl groups is 1. The van der Waals surface area contributed by atoms with Crippen LogP contribution in [0.15, 0.2) is 54.9 Å². The highest BCUT2D eigenvalue weighted by molar-refractivity contribution is 5.96. The number of anilines is 1. The predicted octanol–water partition coefficient (Wildman–Crippen LogP) is 2.97. The van der Waals surface area contributed by atoms with Gasteiger partial charge in [0, 0.05) is 31.1 Å². The van der Waals surface area contributed by atoms with E-state index in [4.69, 9.17) is 5.73 Å². The zero-order chi connectivity index (χ0) is 23.4. The number of fused-ring (bicyclic) bond motifs is 1. The van der Waals surface area contributed by atoms with Gasteiger partial charge in [0.05, 0.1) is 5.52 Å². The maximum Gasteiger partial charge on any atom is 0.247 e. The number of hydrogen-bond acceptors (Lipinski definition) is 6. The number of nitrogens with zero attached hydrogens (tertiary/aromatic N) is 4. The molecule has 1 saturated heterocycles. The third-order valence-electron chi connectivity index (χ3n) is 5.85. The fraction of sp³-hybridized carbons (Fsp3) is 0.280. The van der Waals surface area contributed by atoms with Crippen LogP contribution in [0.2, 0.25) is 0 Å². The largest absolute Gasteiger partial charge is 0.508 e. The van der Waals surface area contributed by atoms with Crippen molar-refractivity contribution in [3.8, 4) is 5.75 Å². The number of piperazine rings is 1. The van der Waals surface area contributed by atoms with Gasteiger partial charge in [0.1, 0.15) is 23.9 Å². The van der Waals surface area contributed by atoms with Crippen molar-refractivity contribution in [2.24, 2.45) is 0 Å². The molecule has 0 radical (unpaired) electrons. The van der Waals surface area contributed by atoms with Crippen molar-refractivity contribution in [3.63, 3.8) is 0 Å². The summed E-state index contributed by atoms with van der Waals surface area (Å²) in [7, 11) is 0. The maximum absolute atomic E-state index is 13.3. The van der Waals surface area contributed by atoms with Crippen molar-refractivity contribution in [2.45, 2.75) is 32.4 Å². The van der Waals surface area contributed by atoms with Gasteiger partial charge in [-0.3, -0.25) is 9.59 Å². The predicted molar refractivity (Wildman–Crippen MR) is 127 cm³/mol. The van der Waals surface area contributed by atoms with Gasteiger partial charge in [-0.25, -0.2) is 9.97 Å². The third kappa shape index (κ3) is 4.95. The van der Waals surface area contributed by atoms with Crippen LogP contribution in [-0.4, -0.2) is 55.8 Å². The lowest BCUT2D eigenvalue weighted by atomic mass is 10.0. The summed E-state index contributed by atoms with van der Waals surface area (Å²) in [6, 6.07) is 11.8. The molecule has 2 heterocycles. The molecule has 0 saturated carbocycles. The van der Waals surface area contributed by atoms with Gasteiger partial charge in [0.25, 0.3) is 0 Å². The van der Waals surface area contributed by atoms with Crippen molar-refractivity contribution in [3.05, 3.63) is 66.0 Å². The van der Waals surface area contributed by atoms with Gasteiger partial charge in [-0.1, -0.05) is 31.5 Å². The van der Waals surface area contributed by atoms with Crippen LogP contribution in [0.1, 0.15) is 30.9 Å². The molecule has 1 aliphatic heterocycles. The fourth-order valence-electron chi connectivity index (χ4n) is 4.10. The molecule has 1 fully saturated rings. The third-order valence-corrected chi connectivity index (χ3v) is 5.85. The van der Waals surface area contributed by atoms with Gasteiger partial charge >= 0.3 is 0 Å². The van der Waals surface area contributed by atoms with Gasteiger partial charge in [-0.15, -0.1) is 0 Å². The molecule has 8 heteroatoms. The van der Waals surface area contributed by atoms with Crippen LogP contribution in [-0.2, 0) is 16.1 Å². The molecule has 170 valence electrons. The van der Waals surface area contributed by atoms with Crippen LogP contribution >= 0.6 is 0 Å². The summed E-state index contributed by atoms with van der Waals surface area (Å²) >= 11 is 0. The molecule has 4 rings (SSSR count). The lowest BCUT2D eigenvalue weighted by Gasteiger charge is -2.40. The number of nitrogens with two attached hydrogens (primary N) is 1. The minimum atomic E-state index is -0.487. The number of rotatable bonds is 6. The van der Waals surface area contributed by atoms with E-state index in [-0.39, 0.29) is 17.6 Å². The molecular weight excluding hydrogens is 418 g/mol. The summed E-state index contributed by atoms with van der Waals surface area (Å²) in [6.45, 7) is 3.39. The Morgan fingerprint density at radius 1 is 1.18 bits per heavy atom. The summed E-state index contributed by atoms with van der Waals surface area (Å²) in [5.74, 6) is 0.368. The van der Waals surface area contributed by atoms with E-state index in [2.05, 4.69) is 9.97 Å². The Balaban J connectivity index is 1.48. The first kappa shape index (κ1) is 22.3. The molecule has 0 aliphatic carbocycles. The lowest BCUT2D eigenvalue weighted by molar-refractivity contribution is -0.150. The van der Waals surface area contributed by atoms with Gasteiger partial charge in [0.2, 0.25) is 11.8 Å². The van der Waals surface area contributed by atoms with Gasteiger partial charge in [0.15, 0.2) is 0 Å². The normalized spacial score (nSPS) is 16.6. The summed E-state index contributed by atoms with van der Waals surface area (Å²) in [5, 5.41) is 10.2. The quantitative estimate of drug-likeness (QED) is 0.564. The smallest absolute Gasteiger partial charge is 0.247 e. The molecule has 1 aliphatic rings. The minimum absolute atomic E-state index is 0.0446. The molecule has 0 unspecified atom stereocenters. The topological polar surface area (TPSA) is 113 Å². The Labute approximate surface area is 192 Å². The van der Waals surface area contributed by atoms with E-state index in [0.29, 0.717) is 31.9 Å². The molecule has 1 atom stereocenters. The zero-order valence-corrected chi connectivity index (χ0v) is 18.5. The van der Waals surface area contributed by atoms with Crippen LogP contribution in [0.3, 0.4) is 0 Å². The van der Waals surface area contributed by atoms with Crippen LogP contribution in [0.4, 0.5) is 5.82 Å². The van der Waals surface area contributed by atoms with Crippen molar-refractivity contribution < 1.29 is 14.7 Å². The van der Waals surface area contributed by atoms with E-state index in [9.17, 15) is 14.7 Å². The van der Waals surface area contributed by atoms with Crippen molar-refractivity contribution in [2.75, 3.05) is 18.8 Å². The molecular formula is C25H27N5O3. The first-order valence-corrected chi connectivity index (χ1v) is 11.0. The van der Waals surface area contributed by atoms with E-state index in [0.717, 1.165) is 28.5 Å². The van der Waals surface area contributed by atoms with Crippen LogP contribution in [0.25, 0.3) is 17.0 Å². The second-order valence-corrected chi connectivity index (χ2v) is 8.13. The number of carbonyl (C=O) groups is 2. The molecule has 0 bridgehead atoms. The molecule has 8 nitrogen and oxygen atoms in total. The highest BCUT2D eigenvalue weighted by Crippen LogP contribution is 2.22. The summed E-state index contributed by atoms with van der Waals surface area (Å²) in [5.41, 5.74) is 8.41. The number of phenolic OH excluding ortho intramolecular Hbond substituents is 1. The molecule has 2 aromatic carbocycles. The molecule has 3 N–H and O–H groups in total. The standard InChI is InChI=1S/C25H27N5O3/c1-2-3-22-25(33)29(15-18-6-10-20-21(14-18)27-16-28-24(20)26)12-13-30(22)23(32)11-7-17-4-8-19(31)9-5-17/h4-11,14,16,22,31H,2-3,12-13,15H2,1H3,(H2,26,27,28)/t22-/m0/s1. The van der Waals surface area contributed by atoms with E-state index >= 15 is 0 Å². The second kappa shape index (κ2) is 9.68. The highest BCUT2D eigenvalue weighted by atomic mass is 16.3. The minimum Gasteiger partial charge on any atom is -0.508 e. The summed E-state index contributed by atoms with van der Waals surface area (Å²) in [6.07, 6.45) is 6.02. The maximum atomic E-state index is 13.3. The number of amides is 2. The molecule has 0 spiro atoms. The Bertz CT molecular complexity index is 1190. The van der Waals surface area contributed by atoms with Crippen LogP contribution in [0.5, 0.6) is 5.75 Å². The number of nitrogen functional groups attached to an aromatic ring is 1. The first-order chi connectivity index (χ1) is 16.0. The lowest BCUT2D eigenvalue weighted by Crippen LogP contribution is -2.58. The van der Waals surface area contributed by atoms with Gasteiger partial charge in [-0.2, -0.15) is 0 Å². The molecule has 33 heavy (non-hydrogen) atoms. The number of aromatic nitrogens is 2. The summed E-state index contributed by atoms with van der Waals surface area (Å²) < 4.78 is 0. The fourth-order valence-corrected chi connectivity index (χ4v) is 4.10. The SMILES string of the molecule is CCC[C@H]1C(=O)N(Cc2ccc3c(N)ncnc3c2)CCN1C(=O)C=Cc1ccc(O)cc1. The van der Waals surface area contributed by atoms with Gasteiger partial charge < -0.3 is 20.6 Å². The summed E-state index contributed by atoms with van der Waals surface area (Å²) in [4.78, 5) is 38.0. The highest BCUT2D eigenvalue weighted by Gasteiger charge is 2.35. The van der Waals surface area contributed by atoms with Gasteiger partial charge in [-0.05, 0) is 47.9 Å². The zero-order valence-electron chi connectivity index (χ0n) is 18.5. The Morgan fingerprint density at radius 3 is 2.73 bits per heavy atom. The van der Waals surface area contributed by atoms with Crippen molar-refractivity contribution >= 4 is 34.6 Å². The van der Waals surface area contributed by atoms with Crippen molar-refractivity contribution in [1.82, 2.24) is 19.8 Å². The average molecular weight is 446 g/mol.